The number of pyridine rings is 1. The van der Waals surface area contributed by atoms with Gasteiger partial charge in [0.1, 0.15) is 0 Å². The first-order chi connectivity index (χ1) is 10.3. The second-order valence-corrected chi connectivity index (χ2v) is 5.24. The molecule has 4 heteroatoms. The van der Waals surface area contributed by atoms with Gasteiger partial charge in [0.15, 0.2) is 0 Å². The molecular weight excluding hydrogens is 260 g/mol. The predicted octanol–water partition coefficient (Wildman–Crippen LogP) is 2.98. The molecule has 0 aliphatic carbocycles. The molecule has 1 aromatic carbocycles. The highest BCUT2D eigenvalue weighted by atomic mass is 15.0. The minimum absolute atomic E-state index is 0.836. The molecule has 108 valence electrons. The van der Waals surface area contributed by atoms with Crippen molar-refractivity contribution in [3.63, 3.8) is 0 Å². The molecule has 0 amide bonds. The van der Waals surface area contributed by atoms with E-state index in [1.807, 2.05) is 18.6 Å². The van der Waals surface area contributed by atoms with Gasteiger partial charge in [0.25, 0.3) is 0 Å². The van der Waals surface area contributed by atoms with Gasteiger partial charge in [-0.15, -0.1) is 0 Å². The smallest absolute Gasteiger partial charge is 0.0953 e. The molecule has 4 nitrogen and oxygen atoms in total. The summed E-state index contributed by atoms with van der Waals surface area (Å²) in [5, 5.41) is 4.55. The third kappa shape index (κ3) is 3.47. The topological polar surface area (TPSA) is 42.7 Å². The van der Waals surface area contributed by atoms with E-state index in [-0.39, 0.29) is 0 Å². The summed E-state index contributed by atoms with van der Waals surface area (Å²) in [4.78, 5) is 8.78. The van der Waals surface area contributed by atoms with Crippen molar-refractivity contribution in [2.24, 2.45) is 0 Å². The Labute approximate surface area is 124 Å². The van der Waals surface area contributed by atoms with Crippen molar-refractivity contribution in [2.75, 3.05) is 6.54 Å². The molecule has 21 heavy (non-hydrogen) atoms. The number of nitrogens with one attached hydrogen (secondary N) is 1. The van der Waals surface area contributed by atoms with Crippen LogP contribution in [0.15, 0.2) is 49.1 Å². The molecule has 0 unspecified atom stereocenters. The number of benzene rings is 1. The Morgan fingerprint density at radius 1 is 1.19 bits per heavy atom. The van der Waals surface area contributed by atoms with Gasteiger partial charge in [0, 0.05) is 30.9 Å². The van der Waals surface area contributed by atoms with E-state index in [2.05, 4.69) is 57.2 Å². The summed E-state index contributed by atoms with van der Waals surface area (Å²) in [6, 6.07) is 10.5. The summed E-state index contributed by atoms with van der Waals surface area (Å²) in [6.07, 6.45) is 6.98. The van der Waals surface area contributed by atoms with Gasteiger partial charge >= 0.3 is 0 Å². The van der Waals surface area contributed by atoms with Crippen LogP contribution in [0.25, 0.3) is 10.9 Å². The van der Waals surface area contributed by atoms with Crippen LogP contribution in [-0.2, 0) is 13.1 Å². The molecule has 3 rings (SSSR count). The highest BCUT2D eigenvalue weighted by Gasteiger charge is 2.01. The highest BCUT2D eigenvalue weighted by molar-refractivity contribution is 5.78. The van der Waals surface area contributed by atoms with Crippen LogP contribution in [0.4, 0.5) is 0 Å². The molecule has 0 aliphatic rings. The van der Waals surface area contributed by atoms with Crippen LogP contribution in [0.1, 0.15) is 24.6 Å². The third-order valence-electron chi connectivity index (χ3n) is 3.45. The first kappa shape index (κ1) is 13.8. The number of aromatic nitrogens is 3. The van der Waals surface area contributed by atoms with Crippen LogP contribution in [0.5, 0.6) is 0 Å². The van der Waals surface area contributed by atoms with E-state index < -0.39 is 0 Å². The number of rotatable bonds is 6. The molecule has 3 aromatic rings. The molecule has 0 radical (unpaired) electrons. The van der Waals surface area contributed by atoms with Crippen LogP contribution < -0.4 is 5.32 Å². The first-order valence-corrected chi connectivity index (χ1v) is 7.40. The number of imidazole rings is 1. The molecule has 0 saturated heterocycles. The lowest BCUT2D eigenvalue weighted by atomic mass is 10.1. The lowest BCUT2D eigenvalue weighted by Gasteiger charge is -2.04. The largest absolute Gasteiger partial charge is 0.333 e. The van der Waals surface area contributed by atoms with Crippen LogP contribution in [0.3, 0.4) is 0 Å². The Morgan fingerprint density at radius 3 is 3.05 bits per heavy atom. The van der Waals surface area contributed by atoms with Crippen molar-refractivity contribution < 1.29 is 0 Å². The molecule has 0 aliphatic heterocycles. The van der Waals surface area contributed by atoms with Gasteiger partial charge < -0.3 is 9.88 Å². The standard InChI is InChI=1S/C17H20N4/c1-2-7-18-10-16-12-21(13-20-16)11-14-5-6-17-15(9-14)4-3-8-19-17/h3-6,8-9,12-13,18H,2,7,10-11H2,1H3. The lowest BCUT2D eigenvalue weighted by molar-refractivity contribution is 0.665. The van der Waals surface area contributed by atoms with E-state index in [1.54, 1.807) is 0 Å². The van der Waals surface area contributed by atoms with Crippen molar-refractivity contribution in [1.29, 1.82) is 0 Å². The minimum Gasteiger partial charge on any atom is -0.333 e. The fraction of sp³-hybridized carbons (Fsp3) is 0.294. The zero-order valence-electron chi connectivity index (χ0n) is 12.3. The molecule has 0 saturated carbocycles. The number of hydrogen-bond donors (Lipinski definition) is 1. The van der Waals surface area contributed by atoms with E-state index in [0.29, 0.717) is 0 Å². The predicted molar refractivity (Wildman–Crippen MR) is 85.1 cm³/mol. The van der Waals surface area contributed by atoms with Crippen molar-refractivity contribution in [3.05, 3.63) is 60.3 Å². The molecule has 2 heterocycles. The second kappa shape index (κ2) is 6.50. The van der Waals surface area contributed by atoms with Crippen LogP contribution in [-0.4, -0.2) is 21.1 Å². The average Bonchev–Trinajstić information content (AvgIpc) is 2.95. The molecule has 1 N–H and O–H groups in total. The Balaban J connectivity index is 1.70. The summed E-state index contributed by atoms with van der Waals surface area (Å²) in [7, 11) is 0. The maximum atomic E-state index is 4.43. The summed E-state index contributed by atoms with van der Waals surface area (Å²) in [5.74, 6) is 0. The van der Waals surface area contributed by atoms with E-state index >= 15 is 0 Å². The normalized spacial score (nSPS) is 11.1. The van der Waals surface area contributed by atoms with E-state index in [4.69, 9.17) is 0 Å². The average molecular weight is 280 g/mol. The number of nitrogens with zero attached hydrogens (tertiary/aromatic N) is 3. The molecule has 0 fully saturated rings. The zero-order valence-corrected chi connectivity index (χ0v) is 12.3. The van der Waals surface area contributed by atoms with Gasteiger partial charge in [-0.1, -0.05) is 19.1 Å². The Hall–Kier alpha value is -2.20. The monoisotopic (exact) mass is 280 g/mol. The molecule has 0 spiro atoms. The summed E-state index contributed by atoms with van der Waals surface area (Å²) >= 11 is 0. The van der Waals surface area contributed by atoms with Crippen LogP contribution in [0, 0.1) is 0 Å². The number of fused-ring (bicyclic) bond motifs is 1. The molecular formula is C17H20N4. The van der Waals surface area contributed by atoms with E-state index in [9.17, 15) is 0 Å². The Bertz CT molecular complexity index is 717. The Kier molecular flexibility index (Phi) is 4.26. The van der Waals surface area contributed by atoms with Crippen molar-refractivity contribution in [3.8, 4) is 0 Å². The SMILES string of the molecule is CCCNCc1cn(Cc2ccc3ncccc3c2)cn1. The van der Waals surface area contributed by atoms with Gasteiger partial charge in [0.05, 0.1) is 17.5 Å². The fourth-order valence-corrected chi connectivity index (χ4v) is 2.41. The van der Waals surface area contributed by atoms with Gasteiger partial charge in [-0.3, -0.25) is 4.98 Å². The van der Waals surface area contributed by atoms with Crippen LogP contribution in [0.2, 0.25) is 0 Å². The number of hydrogen-bond acceptors (Lipinski definition) is 3. The molecule has 2 aromatic heterocycles. The van der Waals surface area contributed by atoms with Crippen molar-refractivity contribution in [2.45, 2.75) is 26.4 Å². The van der Waals surface area contributed by atoms with Gasteiger partial charge in [-0.05, 0) is 36.7 Å². The maximum absolute atomic E-state index is 4.43. The fourth-order valence-electron chi connectivity index (χ4n) is 2.41. The minimum atomic E-state index is 0.836. The Morgan fingerprint density at radius 2 is 2.14 bits per heavy atom. The van der Waals surface area contributed by atoms with Gasteiger partial charge in [-0.25, -0.2) is 4.98 Å². The summed E-state index contributed by atoms with van der Waals surface area (Å²) < 4.78 is 2.13. The first-order valence-electron chi connectivity index (χ1n) is 7.40. The molecule has 0 bridgehead atoms. The maximum Gasteiger partial charge on any atom is 0.0953 e. The summed E-state index contributed by atoms with van der Waals surface area (Å²) in [5.41, 5.74) is 3.39. The van der Waals surface area contributed by atoms with Crippen LogP contribution >= 0.6 is 0 Å². The van der Waals surface area contributed by atoms with Crippen molar-refractivity contribution >= 4 is 10.9 Å². The molecule has 0 atom stereocenters. The van der Waals surface area contributed by atoms with E-state index in [0.717, 1.165) is 37.3 Å². The second-order valence-electron chi connectivity index (χ2n) is 5.24. The quantitative estimate of drug-likeness (QED) is 0.706. The van der Waals surface area contributed by atoms with E-state index in [1.165, 1.54) is 10.9 Å². The van der Waals surface area contributed by atoms with Crippen molar-refractivity contribution in [1.82, 2.24) is 19.9 Å². The summed E-state index contributed by atoms with van der Waals surface area (Å²) in [6.45, 7) is 4.87. The van der Waals surface area contributed by atoms with Gasteiger partial charge in [0.2, 0.25) is 0 Å². The highest BCUT2D eigenvalue weighted by Crippen LogP contribution is 2.14. The third-order valence-corrected chi connectivity index (χ3v) is 3.45. The zero-order chi connectivity index (χ0) is 14.5. The van der Waals surface area contributed by atoms with Gasteiger partial charge in [-0.2, -0.15) is 0 Å². The lowest BCUT2D eigenvalue weighted by Crippen LogP contribution is -2.13.